The van der Waals surface area contributed by atoms with Crippen LogP contribution in [0.1, 0.15) is 53.0 Å². The number of nitrogens with zero attached hydrogens (tertiary/aromatic N) is 1. The van der Waals surface area contributed by atoms with Gasteiger partial charge in [0.25, 0.3) is 5.91 Å². The Morgan fingerprint density at radius 3 is 2.71 bits per heavy atom. The number of carbonyl (C=O) groups excluding carboxylic acids is 2. The zero-order chi connectivity index (χ0) is 22.0. The lowest BCUT2D eigenvalue weighted by atomic mass is 9.88. The predicted octanol–water partition coefficient (Wildman–Crippen LogP) is 5.30. The molecule has 0 atom stereocenters. The highest BCUT2D eigenvalue weighted by atomic mass is 32.1. The summed E-state index contributed by atoms with van der Waals surface area (Å²) in [5.41, 5.74) is 1.08. The minimum Gasteiger partial charge on any atom is -0.483 e. The number of halogens is 2. The van der Waals surface area contributed by atoms with E-state index < -0.39 is 29.0 Å². The van der Waals surface area contributed by atoms with Crippen LogP contribution in [0.3, 0.4) is 0 Å². The number of rotatable bonds is 5. The zero-order valence-corrected chi connectivity index (χ0v) is 17.9. The summed E-state index contributed by atoms with van der Waals surface area (Å²) in [4.78, 5) is 29.2. The van der Waals surface area contributed by atoms with Crippen molar-refractivity contribution in [2.45, 2.75) is 45.6 Å². The molecule has 162 valence electrons. The summed E-state index contributed by atoms with van der Waals surface area (Å²) in [5, 5.41) is 2.78. The molecule has 2 amide bonds. The summed E-state index contributed by atoms with van der Waals surface area (Å²) in [6.45, 7) is 1.94. The summed E-state index contributed by atoms with van der Waals surface area (Å²) in [6.07, 6.45) is 4.21. The highest BCUT2D eigenvalue weighted by molar-refractivity contribution is 7.18. The molecular formula is C23H22F2N2O3S. The SMILES string of the molecule is Cc1ccc2sc(COc3ccc(F)c(C(=O)NC(=O)C4CCCCC4)c3F)nc2c1. The molecule has 0 aliphatic heterocycles. The minimum atomic E-state index is -1.13. The number of ether oxygens (including phenoxy) is 1. The molecule has 3 aromatic rings. The van der Waals surface area contributed by atoms with Crippen LogP contribution in [-0.2, 0) is 11.4 Å². The average molecular weight is 445 g/mol. The summed E-state index contributed by atoms with van der Waals surface area (Å²) < 4.78 is 35.6. The standard InChI is InChI=1S/C23H22F2N2O3S/c1-13-7-10-18-16(11-13)26-19(31-18)12-30-17-9-8-15(24)20(21(17)25)23(29)27-22(28)14-5-3-2-4-6-14/h7-11,14H,2-6,12H2,1H3,(H,27,28,29). The number of aromatic nitrogens is 1. The summed E-state index contributed by atoms with van der Waals surface area (Å²) in [5.74, 6) is -4.33. The second-order valence-corrected chi connectivity index (χ2v) is 8.87. The molecule has 0 radical (unpaired) electrons. The van der Waals surface area contributed by atoms with Crippen LogP contribution in [0.25, 0.3) is 10.2 Å². The van der Waals surface area contributed by atoms with Gasteiger partial charge in [-0.25, -0.2) is 13.8 Å². The second kappa shape index (κ2) is 9.09. The first-order chi connectivity index (χ1) is 14.9. The van der Waals surface area contributed by atoms with E-state index in [2.05, 4.69) is 10.3 Å². The molecular weight excluding hydrogens is 422 g/mol. The average Bonchev–Trinajstić information content (AvgIpc) is 3.15. The summed E-state index contributed by atoms with van der Waals surface area (Å²) in [7, 11) is 0. The zero-order valence-electron chi connectivity index (χ0n) is 17.0. The first kappa shape index (κ1) is 21.4. The van der Waals surface area contributed by atoms with Gasteiger partial charge < -0.3 is 4.74 Å². The monoisotopic (exact) mass is 444 g/mol. The maximum atomic E-state index is 14.9. The first-order valence-electron chi connectivity index (χ1n) is 10.2. The largest absolute Gasteiger partial charge is 0.483 e. The Balaban J connectivity index is 1.48. The number of amides is 2. The van der Waals surface area contributed by atoms with E-state index in [9.17, 15) is 18.4 Å². The van der Waals surface area contributed by atoms with Gasteiger partial charge in [0.2, 0.25) is 5.91 Å². The van der Waals surface area contributed by atoms with Gasteiger partial charge in [-0.15, -0.1) is 11.3 Å². The van der Waals surface area contributed by atoms with Crippen LogP contribution < -0.4 is 10.1 Å². The lowest BCUT2D eigenvalue weighted by Crippen LogP contribution is -2.37. The fraction of sp³-hybridized carbons (Fsp3) is 0.348. The number of aryl methyl sites for hydroxylation is 1. The van der Waals surface area contributed by atoms with Gasteiger partial charge in [-0.1, -0.05) is 25.3 Å². The van der Waals surface area contributed by atoms with Crippen LogP contribution in [0.15, 0.2) is 30.3 Å². The van der Waals surface area contributed by atoms with Crippen molar-refractivity contribution in [2.75, 3.05) is 0 Å². The number of hydrogen-bond donors (Lipinski definition) is 1. The maximum Gasteiger partial charge on any atom is 0.263 e. The van der Waals surface area contributed by atoms with Crippen LogP contribution in [0.4, 0.5) is 8.78 Å². The van der Waals surface area contributed by atoms with E-state index >= 15 is 0 Å². The Morgan fingerprint density at radius 2 is 1.94 bits per heavy atom. The molecule has 1 N–H and O–H groups in total. The molecule has 1 fully saturated rings. The van der Waals surface area contributed by atoms with Crippen LogP contribution in [0, 0.1) is 24.5 Å². The second-order valence-electron chi connectivity index (χ2n) is 7.76. The number of benzene rings is 2. The van der Waals surface area contributed by atoms with E-state index in [0.29, 0.717) is 17.8 Å². The smallest absolute Gasteiger partial charge is 0.263 e. The van der Waals surface area contributed by atoms with Crippen molar-refractivity contribution < 1.29 is 23.1 Å². The number of imide groups is 1. The van der Waals surface area contributed by atoms with Crippen molar-refractivity contribution in [1.82, 2.24) is 10.3 Å². The number of fused-ring (bicyclic) bond motifs is 1. The highest BCUT2D eigenvalue weighted by Gasteiger charge is 2.27. The third kappa shape index (κ3) is 4.74. The molecule has 0 bridgehead atoms. The molecule has 0 unspecified atom stereocenters. The maximum absolute atomic E-state index is 14.9. The van der Waals surface area contributed by atoms with Gasteiger partial charge in [0, 0.05) is 5.92 Å². The Morgan fingerprint density at radius 1 is 1.16 bits per heavy atom. The van der Waals surface area contributed by atoms with Gasteiger partial charge in [0.05, 0.1) is 10.2 Å². The molecule has 1 heterocycles. The van der Waals surface area contributed by atoms with E-state index in [0.717, 1.165) is 47.2 Å². The summed E-state index contributed by atoms with van der Waals surface area (Å²) >= 11 is 1.41. The van der Waals surface area contributed by atoms with Crippen LogP contribution in [0.5, 0.6) is 5.75 Å². The Hall–Kier alpha value is -2.87. The molecule has 4 rings (SSSR count). The quantitative estimate of drug-likeness (QED) is 0.543. The van der Waals surface area contributed by atoms with E-state index in [1.807, 2.05) is 25.1 Å². The molecule has 1 saturated carbocycles. The topological polar surface area (TPSA) is 68.3 Å². The number of carbonyl (C=O) groups is 2. The predicted molar refractivity (Wildman–Crippen MR) is 114 cm³/mol. The Labute approximate surface area is 182 Å². The van der Waals surface area contributed by atoms with Crippen molar-refractivity contribution in [3.63, 3.8) is 0 Å². The molecule has 1 aromatic heterocycles. The van der Waals surface area contributed by atoms with Crippen molar-refractivity contribution in [3.05, 3.63) is 58.1 Å². The van der Waals surface area contributed by atoms with E-state index in [1.165, 1.54) is 11.3 Å². The molecule has 0 saturated heterocycles. The first-order valence-corrected chi connectivity index (χ1v) is 11.1. The van der Waals surface area contributed by atoms with Crippen molar-refractivity contribution >= 4 is 33.4 Å². The Bertz CT molecular complexity index is 1140. The van der Waals surface area contributed by atoms with Crippen LogP contribution in [-0.4, -0.2) is 16.8 Å². The van der Waals surface area contributed by atoms with E-state index in [-0.39, 0.29) is 18.3 Å². The third-order valence-electron chi connectivity index (χ3n) is 5.43. The van der Waals surface area contributed by atoms with E-state index in [4.69, 9.17) is 4.74 Å². The minimum absolute atomic E-state index is 0.0248. The molecule has 1 aliphatic carbocycles. The highest BCUT2D eigenvalue weighted by Crippen LogP contribution is 2.28. The molecule has 2 aromatic carbocycles. The van der Waals surface area contributed by atoms with E-state index in [1.54, 1.807) is 0 Å². The lowest BCUT2D eigenvalue weighted by Gasteiger charge is -2.20. The van der Waals surface area contributed by atoms with Gasteiger partial charge in [-0.3, -0.25) is 14.9 Å². The number of nitrogens with one attached hydrogen (secondary N) is 1. The number of hydrogen-bond acceptors (Lipinski definition) is 5. The Kier molecular flexibility index (Phi) is 6.27. The van der Waals surface area contributed by atoms with Gasteiger partial charge in [0.1, 0.15) is 23.0 Å². The number of thiazole rings is 1. The molecule has 0 spiro atoms. The molecule has 1 aliphatic rings. The van der Waals surface area contributed by atoms with Gasteiger partial charge in [0.15, 0.2) is 11.6 Å². The van der Waals surface area contributed by atoms with Crippen LogP contribution >= 0.6 is 11.3 Å². The van der Waals surface area contributed by atoms with Crippen molar-refractivity contribution in [3.8, 4) is 5.75 Å². The molecule has 31 heavy (non-hydrogen) atoms. The van der Waals surface area contributed by atoms with Gasteiger partial charge in [-0.05, 0) is 49.6 Å². The molecule has 5 nitrogen and oxygen atoms in total. The lowest BCUT2D eigenvalue weighted by molar-refractivity contribution is -0.124. The third-order valence-corrected chi connectivity index (χ3v) is 6.44. The van der Waals surface area contributed by atoms with Crippen LogP contribution in [0.2, 0.25) is 0 Å². The fourth-order valence-electron chi connectivity index (χ4n) is 3.78. The summed E-state index contributed by atoms with van der Waals surface area (Å²) in [6, 6.07) is 7.96. The van der Waals surface area contributed by atoms with Crippen molar-refractivity contribution in [2.24, 2.45) is 5.92 Å². The van der Waals surface area contributed by atoms with Crippen molar-refractivity contribution in [1.29, 1.82) is 0 Å². The van der Waals surface area contributed by atoms with Gasteiger partial charge >= 0.3 is 0 Å². The van der Waals surface area contributed by atoms with Gasteiger partial charge in [-0.2, -0.15) is 0 Å². The fourth-order valence-corrected chi connectivity index (χ4v) is 4.64. The normalized spacial score (nSPS) is 14.5. The molecule has 8 heteroatoms.